The summed E-state index contributed by atoms with van der Waals surface area (Å²) in [6, 6.07) is 6.06. The van der Waals surface area contributed by atoms with E-state index in [1.807, 2.05) is 44.4 Å². The second-order valence-corrected chi connectivity index (χ2v) is 7.02. The van der Waals surface area contributed by atoms with E-state index in [-0.39, 0.29) is 17.2 Å². The zero-order valence-electron chi connectivity index (χ0n) is 11.2. The molecule has 1 N–H and O–H groups in total. The molecule has 0 unspecified atom stereocenters. The summed E-state index contributed by atoms with van der Waals surface area (Å²) in [7, 11) is 0. The molecule has 2 aromatic rings. The lowest BCUT2D eigenvalue weighted by atomic mass is 10.4. The average molecular weight is 295 g/mol. The van der Waals surface area contributed by atoms with Gasteiger partial charge in [-0.2, -0.15) is 5.10 Å². The molecular weight excluding hydrogens is 278 g/mol. The minimum Gasteiger partial charge on any atom is -0.310 e. The van der Waals surface area contributed by atoms with Crippen molar-refractivity contribution >= 4 is 34.8 Å². The van der Waals surface area contributed by atoms with Gasteiger partial charge in [0.1, 0.15) is 5.82 Å². The van der Waals surface area contributed by atoms with E-state index in [4.69, 9.17) is 0 Å². The molecule has 0 aliphatic heterocycles. The van der Waals surface area contributed by atoms with Gasteiger partial charge in [-0.15, -0.1) is 23.1 Å². The zero-order valence-corrected chi connectivity index (χ0v) is 12.8. The SMILES string of the molecule is CC(C)n1nccc1NC(=O)[C@@H](C)Sc1cccs1. The van der Waals surface area contributed by atoms with Gasteiger partial charge in [0.05, 0.1) is 15.7 Å². The van der Waals surface area contributed by atoms with E-state index in [0.717, 1.165) is 10.0 Å². The van der Waals surface area contributed by atoms with Crippen molar-refractivity contribution in [2.45, 2.75) is 36.3 Å². The van der Waals surface area contributed by atoms with Crippen LogP contribution in [0.25, 0.3) is 0 Å². The molecule has 102 valence electrons. The van der Waals surface area contributed by atoms with Crippen molar-refractivity contribution in [3.8, 4) is 0 Å². The van der Waals surface area contributed by atoms with Gasteiger partial charge >= 0.3 is 0 Å². The van der Waals surface area contributed by atoms with Crippen LogP contribution in [0.15, 0.2) is 34.0 Å². The van der Waals surface area contributed by atoms with Crippen LogP contribution in [-0.2, 0) is 4.79 Å². The normalized spacial score (nSPS) is 12.6. The van der Waals surface area contributed by atoms with Gasteiger partial charge < -0.3 is 5.32 Å². The van der Waals surface area contributed by atoms with Crippen molar-refractivity contribution in [2.24, 2.45) is 0 Å². The Bertz CT molecular complexity index is 534. The first-order valence-electron chi connectivity index (χ1n) is 6.12. The number of carbonyl (C=O) groups excluding carboxylic acids is 1. The Morgan fingerprint density at radius 2 is 2.21 bits per heavy atom. The predicted molar refractivity (Wildman–Crippen MR) is 80.9 cm³/mol. The molecule has 4 nitrogen and oxygen atoms in total. The number of aromatic nitrogens is 2. The number of hydrogen-bond donors (Lipinski definition) is 1. The lowest BCUT2D eigenvalue weighted by molar-refractivity contribution is -0.115. The molecule has 0 saturated heterocycles. The molecule has 0 saturated carbocycles. The van der Waals surface area contributed by atoms with Gasteiger partial charge in [-0.1, -0.05) is 6.07 Å². The van der Waals surface area contributed by atoms with Crippen molar-refractivity contribution in [3.63, 3.8) is 0 Å². The summed E-state index contributed by atoms with van der Waals surface area (Å²) in [4.78, 5) is 12.1. The number of rotatable bonds is 5. The van der Waals surface area contributed by atoms with Gasteiger partial charge in [0, 0.05) is 12.1 Å². The second-order valence-electron chi connectivity index (χ2n) is 4.44. The Morgan fingerprint density at radius 3 is 2.84 bits per heavy atom. The minimum absolute atomic E-state index is 0.000741. The lowest BCUT2D eigenvalue weighted by Gasteiger charge is -2.14. The number of thioether (sulfide) groups is 1. The molecule has 2 aromatic heterocycles. The molecule has 2 heterocycles. The lowest BCUT2D eigenvalue weighted by Crippen LogP contribution is -2.24. The largest absolute Gasteiger partial charge is 0.310 e. The van der Waals surface area contributed by atoms with E-state index >= 15 is 0 Å². The summed E-state index contributed by atoms with van der Waals surface area (Å²) < 4.78 is 2.96. The van der Waals surface area contributed by atoms with Crippen molar-refractivity contribution in [2.75, 3.05) is 5.32 Å². The average Bonchev–Trinajstić information content (AvgIpc) is 2.99. The van der Waals surface area contributed by atoms with Crippen molar-refractivity contribution < 1.29 is 4.79 Å². The van der Waals surface area contributed by atoms with E-state index in [2.05, 4.69) is 10.4 Å². The van der Waals surface area contributed by atoms with Gasteiger partial charge in [-0.05, 0) is 32.2 Å². The zero-order chi connectivity index (χ0) is 13.8. The van der Waals surface area contributed by atoms with Gasteiger partial charge in [0.2, 0.25) is 5.91 Å². The number of amides is 1. The molecule has 0 spiro atoms. The van der Waals surface area contributed by atoms with Crippen LogP contribution in [0.1, 0.15) is 26.8 Å². The molecule has 0 aromatic carbocycles. The maximum absolute atomic E-state index is 12.1. The number of anilines is 1. The first-order chi connectivity index (χ1) is 9.08. The number of nitrogens with one attached hydrogen (secondary N) is 1. The Labute approximate surface area is 121 Å². The second kappa shape index (κ2) is 6.25. The monoisotopic (exact) mass is 295 g/mol. The Kier molecular flexibility index (Phi) is 4.66. The quantitative estimate of drug-likeness (QED) is 0.857. The third kappa shape index (κ3) is 3.61. The summed E-state index contributed by atoms with van der Waals surface area (Å²) in [6.07, 6.45) is 1.70. The van der Waals surface area contributed by atoms with E-state index in [0.29, 0.717) is 0 Å². The maximum atomic E-state index is 12.1. The molecule has 0 bridgehead atoms. The molecule has 0 radical (unpaired) electrons. The fourth-order valence-corrected chi connectivity index (χ4v) is 3.55. The van der Waals surface area contributed by atoms with E-state index in [9.17, 15) is 4.79 Å². The highest BCUT2D eigenvalue weighted by Crippen LogP contribution is 2.28. The number of nitrogens with zero attached hydrogens (tertiary/aromatic N) is 2. The maximum Gasteiger partial charge on any atom is 0.238 e. The molecular formula is C13H17N3OS2. The topological polar surface area (TPSA) is 46.9 Å². The summed E-state index contributed by atoms with van der Waals surface area (Å²) in [5.74, 6) is 0.749. The smallest absolute Gasteiger partial charge is 0.238 e. The number of carbonyl (C=O) groups is 1. The number of hydrogen-bond acceptors (Lipinski definition) is 4. The Hall–Kier alpha value is -1.27. The molecule has 6 heteroatoms. The molecule has 2 rings (SSSR count). The van der Waals surface area contributed by atoms with E-state index in [1.165, 1.54) is 0 Å². The third-order valence-corrected chi connectivity index (χ3v) is 4.74. The first kappa shape index (κ1) is 14.1. The van der Waals surface area contributed by atoms with Crippen LogP contribution in [0, 0.1) is 0 Å². The van der Waals surface area contributed by atoms with Crippen molar-refractivity contribution in [3.05, 3.63) is 29.8 Å². The molecule has 1 atom stereocenters. The molecule has 0 aliphatic rings. The standard InChI is InChI=1S/C13H17N3OS2/c1-9(2)16-11(6-7-14-16)15-13(17)10(3)19-12-5-4-8-18-12/h4-10H,1-3H3,(H,15,17)/t10-/m1/s1. The van der Waals surface area contributed by atoms with Crippen LogP contribution in [0.4, 0.5) is 5.82 Å². The van der Waals surface area contributed by atoms with Crippen molar-refractivity contribution in [1.82, 2.24) is 9.78 Å². The van der Waals surface area contributed by atoms with Crippen molar-refractivity contribution in [1.29, 1.82) is 0 Å². The minimum atomic E-state index is -0.130. The Morgan fingerprint density at radius 1 is 1.42 bits per heavy atom. The van der Waals surface area contributed by atoms with Crippen LogP contribution in [0.2, 0.25) is 0 Å². The summed E-state index contributed by atoms with van der Waals surface area (Å²) >= 11 is 3.22. The summed E-state index contributed by atoms with van der Waals surface area (Å²) in [6.45, 7) is 5.98. The fraction of sp³-hybridized carbons (Fsp3) is 0.385. The number of thiophene rings is 1. The highest BCUT2D eigenvalue weighted by atomic mass is 32.2. The highest BCUT2D eigenvalue weighted by molar-refractivity contribution is 8.02. The van der Waals surface area contributed by atoms with Crippen LogP contribution < -0.4 is 5.32 Å². The van der Waals surface area contributed by atoms with Gasteiger partial charge in [0.25, 0.3) is 0 Å². The van der Waals surface area contributed by atoms with Crippen LogP contribution in [-0.4, -0.2) is 20.9 Å². The van der Waals surface area contributed by atoms with Gasteiger partial charge in [-0.25, -0.2) is 4.68 Å². The predicted octanol–water partition coefficient (Wildman–Crippen LogP) is 3.64. The van der Waals surface area contributed by atoms with Crippen LogP contribution in [0.5, 0.6) is 0 Å². The highest BCUT2D eigenvalue weighted by Gasteiger charge is 2.17. The molecule has 1 amide bonds. The molecule has 19 heavy (non-hydrogen) atoms. The Balaban J connectivity index is 1.98. The van der Waals surface area contributed by atoms with Crippen LogP contribution in [0.3, 0.4) is 0 Å². The van der Waals surface area contributed by atoms with E-state index in [1.54, 1.807) is 34.0 Å². The summed E-state index contributed by atoms with van der Waals surface area (Å²) in [5, 5.41) is 9.01. The fourth-order valence-electron chi connectivity index (χ4n) is 1.61. The van der Waals surface area contributed by atoms with E-state index < -0.39 is 0 Å². The molecule has 0 fully saturated rings. The third-order valence-electron chi connectivity index (χ3n) is 2.57. The first-order valence-corrected chi connectivity index (χ1v) is 7.88. The van der Waals surface area contributed by atoms with Gasteiger partial charge in [-0.3, -0.25) is 4.79 Å². The summed E-state index contributed by atoms with van der Waals surface area (Å²) in [5.41, 5.74) is 0. The molecule has 0 aliphatic carbocycles. The van der Waals surface area contributed by atoms with Crippen LogP contribution >= 0.6 is 23.1 Å². The van der Waals surface area contributed by atoms with Gasteiger partial charge in [0.15, 0.2) is 0 Å².